The van der Waals surface area contributed by atoms with Crippen molar-refractivity contribution in [2.75, 3.05) is 6.54 Å². The fourth-order valence-electron chi connectivity index (χ4n) is 1.81. The summed E-state index contributed by atoms with van der Waals surface area (Å²) in [5.41, 5.74) is 5.98. The molecule has 24 heavy (non-hydrogen) atoms. The van der Waals surface area contributed by atoms with Crippen molar-refractivity contribution in [3.8, 4) is 0 Å². The van der Waals surface area contributed by atoms with Gasteiger partial charge in [0.05, 0.1) is 0 Å². The smallest absolute Gasteiger partial charge is 0.407 e. The monoisotopic (exact) mass is 335 g/mol. The van der Waals surface area contributed by atoms with E-state index in [0.29, 0.717) is 0 Å². The number of alkyl carbamates (subject to hydrolysis) is 1. The van der Waals surface area contributed by atoms with Gasteiger partial charge >= 0.3 is 6.09 Å². The van der Waals surface area contributed by atoms with E-state index >= 15 is 0 Å². The highest BCUT2D eigenvalue weighted by molar-refractivity contribution is 5.89. The summed E-state index contributed by atoms with van der Waals surface area (Å²) in [7, 11) is 0. The maximum Gasteiger partial charge on any atom is 0.407 e. The highest BCUT2D eigenvalue weighted by Gasteiger charge is 2.18. The van der Waals surface area contributed by atoms with Gasteiger partial charge in [0.15, 0.2) is 0 Å². The zero-order valence-corrected chi connectivity index (χ0v) is 13.4. The first-order valence-electron chi connectivity index (χ1n) is 7.41. The molecule has 1 aromatic rings. The lowest BCUT2D eigenvalue weighted by Gasteiger charge is -2.15. The molecule has 0 saturated heterocycles. The van der Waals surface area contributed by atoms with E-state index in [-0.39, 0.29) is 31.8 Å². The highest BCUT2D eigenvalue weighted by atomic mass is 16.5. The Balaban J connectivity index is 2.31. The molecule has 0 aliphatic heterocycles. The quantitative estimate of drug-likeness (QED) is 0.596. The lowest BCUT2D eigenvalue weighted by molar-refractivity contribution is -0.127. The number of rotatable bonds is 9. The average Bonchev–Trinajstić information content (AvgIpc) is 2.55. The molecule has 1 rings (SSSR count). The number of Topliss-reactive ketones (excluding diaryl/α,β-unsaturated/α-hetero) is 1. The van der Waals surface area contributed by atoms with E-state index < -0.39 is 23.9 Å². The summed E-state index contributed by atoms with van der Waals surface area (Å²) < 4.78 is 4.94. The molecule has 8 nitrogen and oxygen atoms in total. The molecular formula is C16H21N3O5. The van der Waals surface area contributed by atoms with Crippen LogP contribution in [0.5, 0.6) is 0 Å². The van der Waals surface area contributed by atoms with Gasteiger partial charge in [-0.15, -0.1) is 0 Å². The first kappa shape index (κ1) is 19.1. The molecule has 1 aromatic carbocycles. The number of carbonyl (C=O) groups is 4. The van der Waals surface area contributed by atoms with E-state index in [9.17, 15) is 19.2 Å². The van der Waals surface area contributed by atoms with Crippen LogP contribution in [0.4, 0.5) is 4.79 Å². The first-order valence-corrected chi connectivity index (χ1v) is 7.41. The SMILES string of the molecule is CC(=O)CC[C@H](NC(=O)CNC(=O)OCc1ccccc1)C(N)=O. The zero-order chi connectivity index (χ0) is 17.9. The Morgan fingerprint density at radius 3 is 2.42 bits per heavy atom. The van der Waals surface area contributed by atoms with Crippen molar-refractivity contribution >= 4 is 23.7 Å². The van der Waals surface area contributed by atoms with Gasteiger partial charge in [-0.2, -0.15) is 0 Å². The van der Waals surface area contributed by atoms with Crippen molar-refractivity contribution in [1.29, 1.82) is 0 Å². The van der Waals surface area contributed by atoms with Crippen LogP contribution in [0.2, 0.25) is 0 Å². The molecule has 0 unspecified atom stereocenters. The predicted molar refractivity (Wildman–Crippen MR) is 85.7 cm³/mol. The third-order valence-electron chi connectivity index (χ3n) is 3.07. The van der Waals surface area contributed by atoms with Crippen LogP contribution in [0.1, 0.15) is 25.3 Å². The van der Waals surface area contributed by atoms with Gasteiger partial charge in [0.2, 0.25) is 11.8 Å². The molecular weight excluding hydrogens is 314 g/mol. The van der Waals surface area contributed by atoms with Crippen LogP contribution in [-0.4, -0.2) is 36.3 Å². The number of primary amides is 1. The summed E-state index contributed by atoms with van der Waals surface area (Å²) in [6, 6.07) is 8.11. The second-order valence-electron chi connectivity index (χ2n) is 5.18. The maximum atomic E-state index is 11.7. The molecule has 0 spiro atoms. The van der Waals surface area contributed by atoms with Crippen molar-refractivity contribution in [2.45, 2.75) is 32.4 Å². The number of hydrogen-bond acceptors (Lipinski definition) is 5. The van der Waals surface area contributed by atoms with E-state index in [1.807, 2.05) is 18.2 Å². The summed E-state index contributed by atoms with van der Waals surface area (Å²) in [4.78, 5) is 45.4. The Morgan fingerprint density at radius 1 is 1.17 bits per heavy atom. The molecule has 3 amide bonds. The number of hydrogen-bond donors (Lipinski definition) is 3. The van der Waals surface area contributed by atoms with Crippen LogP contribution in [-0.2, 0) is 25.7 Å². The summed E-state index contributed by atoms with van der Waals surface area (Å²) in [5.74, 6) is -1.45. The molecule has 0 saturated carbocycles. The molecule has 0 fully saturated rings. The largest absolute Gasteiger partial charge is 0.445 e. The third-order valence-corrected chi connectivity index (χ3v) is 3.07. The summed E-state index contributed by atoms with van der Waals surface area (Å²) in [5, 5.41) is 4.63. The van der Waals surface area contributed by atoms with Gasteiger partial charge in [0.1, 0.15) is 25.0 Å². The normalized spacial score (nSPS) is 11.2. The number of benzene rings is 1. The van der Waals surface area contributed by atoms with Gasteiger partial charge in [-0.3, -0.25) is 9.59 Å². The highest BCUT2D eigenvalue weighted by Crippen LogP contribution is 2.00. The standard InChI is InChI=1S/C16H21N3O5/c1-11(20)7-8-13(15(17)22)19-14(21)9-18-16(23)24-10-12-5-3-2-4-6-12/h2-6,13H,7-10H2,1H3,(H2,17,22)(H,18,23)(H,19,21)/t13-/m0/s1. The minimum Gasteiger partial charge on any atom is -0.445 e. The van der Waals surface area contributed by atoms with Crippen molar-refractivity contribution < 1.29 is 23.9 Å². The topological polar surface area (TPSA) is 128 Å². The molecule has 0 heterocycles. The molecule has 0 radical (unpaired) electrons. The van der Waals surface area contributed by atoms with Gasteiger partial charge in [0.25, 0.3) is 0 Å². The Morgan fingerprint density at radius 2 is 1.83 bits per heavy atom. The first-order chi connectivity index (χ1) is 11.4. The second kappa shape index (κ2) is 9.98. The molecule has 0 bridgehead atoms. The molecule has 0 aromatic heterocycles. The molecule has 4 N–H and O–H groups in total. The Bertz CT molecular complexity index is 589. The minimum absolute atomic E-state index is 0.0802. The maximum absolute atomic E-state index is 11.7. The zero-order valence-electron chi connectivity index (χ0n) is 13.4. The number of nitrogens with two attached hydrogens (primary N) is 1. The molecule has 0 aliphatic carbocycles. The van der Waals surface area contributed by atoms with Crippen LogP contribution in [0, 0.1) is 0 Å². The lowest BCUT2D eigenvalue weighted by Crippen LogP contribution is -2.48. The molecule has 130 valence electrons. The van der Waals surface area contributed by atoms with E-state index in [1.54, 1.807) is 12.1 Å². The van der Waals surface area contributed by atoms with E-state index in [0.717, 1.165) is 5.56 Å². The number of carbonyl (C=O) groups excluding carboxylic acids is 4. The second-order valence-corrected chi connectivity index (χ2v) is 5.18. The van der Waals surface area contributed by atoms with Gasteiger partial charge in [-0.05, 0) is 18.9 Å². The van der Waals surface area contributed by atoms with E-state index in [2.05, 4.69) is 10.6 Å². The molecule has 0 aliphatic rings. The number of ketones is 1. The Hall–Kier alpha value is -2.90. The minimum atomic E-state index is -0.955. The fraction of sp³-hybridized carbons (Fsp3) is 0.375. The van der Waals surface area contributed by atoms with Gasteiger partial charge in [-0.25, -0.2) is 4.79 Å². The molecule has 1 atom stereocenters. The van der Waals surface area contributed by atoms with Gasteiger partial charge < -0.3 is 25.9 Å². The predicted octanol–water partition coefficient (Wildman–Crippen LogP) is 0.252. The van der Waals surface area contributed by atoms with Crippen LogP contribution in [0.25, 0.3) is 0 Å². The Labute approximate surface area is 139 Å². The van der Waals surface area contributed by atoms with Crippen LogP contribution >= 0.6 is 0 Å². The van der Waals surface area contributed by atoms with Crippen molar-refractivity contribution in [2.24, 2.45) is 5.73 Å². The van der Waals surface area contributed by atoms with Crippen LogP contribution in [0.15, 0.2) is 30.3 Å². The summed E-state index contributed by atoms with van der Waals surface area (Å²) in [6.45, 7) is 1.10. The number of amides is 3. The number of ether oxygens (including phenoxy) is 1. The third kappa shape index (κ3) is 7.92. The summed E-state index contributed by atoms with van der Waals surface area (Å²) in [6.07, 6.45) is -0.511. The lowest BCUT2D eigenvalue weighted by atomic mass is 10.1. The van der Waals surface area contributed by atoms with Gasteiger partial charge in [0, 0.05) is 6.42 Å². The average molecular weight is 335 g/mol. The van der Waals surface area contributed by atoms with E-state index in [1.165, 1.54) is 6.92 Å². The van der Waals surface area contributed by atoms with Crippen LogP contribution in [0.3, 0.4) is 0 Å². The Kier molecular flexibility index (Phi) is 7.97. The van der Waals surface area contributed by atoms with Gasteiger partial charge in [-0.1, -0.05) is 30.3 Å². The van der Waals surface area contributed by atoms with Crippen LogP contribution < -0.4 is 16.4 Å². The van der Waals surface area contributed by atoms with Crippen molar-refractivity contribution in [3.63, 3.8) is 0 Å². The van der Waals surface area contributed by atoms with Crippen molar-refractivity contribution in [1.82, 2.24) is 10.6 Å². The molecule has 8 heteroatoms. The van der Waals surface area contributed by atoms with E-state index in [4.69, 9.17) is 10.5 Å². The number of nitrogens with one attached hydrogen (secondary N) is 2. The van der Waals surface area contributed by atoms with Crippen molar-refractivity contribution in [3.05, 3.63) is 35.9 Å². The summed E-state index contributed by atoms with van der Waals surface area (Å²) >= 11 is 0. The fourth-order valence-corrected chi connectivity index (χ4v) is 1.81.